The number of halogens is 1. The van der Waals surface area contributed by atoms with Crippen molar-refractivity contribution in [3.8, 4) is 17.2 Å². The van der Waals surface area contributed by atoms with Crippen LogP contribution in [0.4, 0.5) is 5.69 Å². The number of para-hydroxylation sites is 1. The summed E-state index contributed by atoms with van der Waals surface area (Å²) in [5.41, 5.74) is 2.19. The van der Waals surface area contributed by atoms with E-state index in [-0.39, 0.29) is 17.3 Å². The molecular formula is C36H29BrN2O6. The molecule has 4 aromatic rings. The second-order valence-corrected chi connectivity index (χ2v) is 12.1. The summed E-state index contributed by atoms with van der Waals surface area (Å²) in [5, 5.41) is 3.07. The average Bonchev–Trinajstić information content (AvgIpc) is 3.55. The Labute approximate surface area is 268 Å². The van der Waals surface area contributed by atoms with Gasteiger partial charge in [0.25, 0.3) is 0 Å². The predicted octanol–water partition coefficient (Wildman–Crippen LogP) is 6.46. The third kappa shape index (κ3) is 4.14. The molecule has 1 fully saturated rings. The van der Waals surface area contributed by atoms with Gasteiger partial charge in [0.05, 0.1) is 43.3 Å². The molecule has 45 heavy (non-hydrogen) atoms. The molecule has 226 valence electrons. The molecule has 1 N–H and O–H groups in total. The highest BCUT2D eigenvalue weighted by molar-refractivity contribution is 9.10. The first-order chi connectivity index (χ1) is 21.8. The van der Waals surface area contributed by atoms with E-state index in [9.17, 15) is 9.59 Å². The summed E-state index contributed by atoms with van der Waals surface area (Å²) in [5.74, 6) is -0.858. The Kier molecular flexibility index (Phi) is 7.00. The maximum absolute atomic E-state index is 15.2. The number of carbonyl (C=O) groups excluding carboxylic acids is 3. The van der Waals surface area contributed by atoms with Crippen LogP contribution in [0.3, 0.4) is 0 Å². The van der Waals surface area contributed by atoms with Crippen LogP contribution in [0.1, 0.15) is 43.4 Å². The smallest absolute Gasteiger partial charge is 0.238 e. The number of carbonyl (C=O) groups is 3. The number of ketones is 2. The topological polar surface area (TPSA) is 94.2 Å². The van der Waals surface area contributed by atoms with Crippen LogP contribution in [0, 0.1) is 5.92 Å². The van der Waals surface area contributed by atoms with Gasteiger partial charge in [-0.25, -0.2) is 0 Å². The van der Waals surface area contributed by atoms with E-state index in [0.29, 0.717) is 38.5 Å². The maximum atomic E-state index is 15.2. The van der Waals surface area contributed by atoms with Crippen molar-refractivity contribution in [2.45, 2.75) is 17.5 Å². The number of benzene rings is 4. The number of amides is 1. The molecular weight excluding hydrogens is 636 g/mol. The lowest BCUT2D eigenvalue weighted by Crippen LogP contribution is -2.49. The van der Waals surface area contributed by atoms with E-state index >= 15 is 4.79 Å². The van der Waals surface area contributed by atoms with Gasteiger partial charge in [-0.3, -0.25) is 14.4 Å². The monoisotopic (exact) mass is 664 g/mol. The Bertz CT molecular complexity index is 1920. The van der Waals surface area contributed by atoms with Crippen LogP contribution >= 0.6 is 15.9 Å². The molecule has 0 aromatic heterocycles. The van der Waals surface area contributed by atoms with E-state index in [1.165, 1.54) is 14.2 Å². The lowest BCUT2D eigenvalue weighted by Gasteiger charge is -2.38. The van der Waals surface area contributed by atoms with Crippen molar-refractivity contribution >= 4 is 45.2 Å². The molecule has 4 atom stereocenters. The molecule has 3 aliphatic heterocycles. The van der Waals surface area contributed by atoms with Crippen LogP contribution in [0.2, 0.25) is 0 Å². The van der Waals surface area contributed by atoms with Crippen molar-refractivity contribution in [2.24, 2.45) is 5.92 Å². The van der Waals surface area contributed by atoms with E-state index in [1.54, 1.807) is 43.5 Å². The van der Waals surface area contributed by atoms with Gasteiger partial charge in [-0.2, -0.15) is 0 Å². The number of hydrogen-bond acceptors (Lipinski definition) is 7. The van der Waals surface area contributed by atoms with Crippen LogP contribution in [0.5, 0.6) is 17.2 Å². The van der Waals surface area contributed by atoms with E-state index in [4.69, 9.17) is 14.2 Å². The number of nitrogens with zero attached hydrogens (tertiary/aromatic N) is 1. The van der Waals surface area contributed by atoms with E-state index in [1.807, 2.05) is 65.7 Å². The lowest BCUT2D eigenvalue weighted by molar-refractivity contribution is -0.122. The first-order valence-electron chi connectivity index (χ1n) is 14.4. The van der Waals surface area contributed by atoms with Gasteiger partial charge < -0.3 is 24.4 Å². The summed E-state index contributed by atoms with van der Waals surface area (Å²) in [6.07, 6.45) is 3.78. The molecule has 3 aliphatic rings. The summed E-state index contributed by atoms with van der Waals surface area (Å²) < 4.78 is 17.2. The Hall–Kier alpha value is -4.89. The molecule has 4 aromatic carbocycles. The molecule has 1 saturated heterocycles. The summed E-state index contributed by atoms with van der Waals surface area (Å²) in [7, 11) is 4.55. The Morgan fingerprint density at radius 1 is 0.844 bits per heavy atom. The first-order valence-corrected chi connectivity index (χ1v) is 15.2. The highest BCUT2D eigenvalue weighted by Gasteiger charge is 2.71. The second kappa shape index (κ2) is 10.9. The number of ether oxygens (including phenoxy) is 3. The van der Waals surface area contributed by atoms with Crippen LogP contribution in [0.15, 0.2) is 95.6 Å². The van der Waals surface area contributed by atoms with Crippen LogP contribution < -0.4 is 19.5 Å². The number of nitrogens with one attached hydrogen (secondary N) is 1. The van der Waals surface area contributed by atoms with Crippen molar-refractivity contribution in [3.05, 3.63) is 123 Å². The summed E-state index contributed by atoms with van der Waals surface area (Å²) in [4.78, 5) is 46.7. The minimum atomic E-state index is -1.47. The zero-order chi connectivity index (χ0) is 31.5. The van der Waals surface area contributed by atoms with E-state index in [0.717, 1.165) is 11.1 Å². The van der Waals surface area contributed by atoms with Gasteiger partial charge in [-0.15, -0.1) is 0 Å². The number of rotatable bonds is 7. The van der Waals surface area contributed by atoms with Gasteiger partial charge in [0.2, 0.25) is 5.91 Å². The highest BCUT2D eigenvalue weighted by Crippen LogP contribution is 2.62. The fourth-order valence-electron chi connectivity index (χ4n) is 7.33. The van der Waals surface area contributed by atoms with Crippen LogP contribution in [-0.2, 0) is 10.2 Å². The van der Waals surface area contributed by atoms with Crippen molar-refractivity contribution in [3.63, 3.8) is 0 Å². The van der Waals surface area contributed by atoms with E-state index < -0.39 is 29.2 Å². The summed E-state index contributed by atoms with van der Waals surface area (Å²) in [6, 6.07) is 23.6. The van der Waals surface area contributed by atoms with Crippen molar-refractivity contribution < 1.29 is 28.6 Å². The maximum Gasteiger partial charge on any atom is 0.238 e. The fraction of sp³-hybridized carbons (Fsp3) is 0.194. The quantitative estimate of drug-likeness (QED) is 0.227. The molecule has 0 bridgehead atoms. The Morgan fingerprint density at radius 3 is 2.33 bits per heavy atom. The molecule has 3 heterocycles. The number of hydrogen-bond donors (Lipinski definition) is 1. The van der Waals surface area contributed by atoms with Gasteiger partial charge in [0.1, 0.15) is 28.7 Å². The molecule has 1 spiro atoms. The molecule has 0 aliphatic carbocycles. The van der Waals surface area contributed by atoms with Crippen molar-refractivity contribution in [2.75, 3.05) is 26.6 Å². The van der Waals surface area contributed by atoms with Crippen molar-refractivity contribution in [1.82, 2.24) is 4.90 Å². The molecule has 9 heteroatoms. The second-order valence-electron chi connectivity index (χ2n) is 11.2. The lowest BCUT2D eigenvalue weighted by atomic mass is 9.62. The molecule has 0 saturated carbocycles. The summed E-state index contributed by atoms with van der Waals surface area (Å²) in [6.45, 7) is 0. The van der Waals surface area contributed by atoms with Crippen molar-refractivity contribution in [1.29, 1.82) is 0 Å². The zero-order valence-corrected chi connectivity index (χ0v) is 26.3. The standard InChI is InChI=1S/C36H29BrN2O6/c1-43-22-13-15-28(44-2)24(19-22)33(41)30-31(32(40)21-12-14-29(45-3)26(37)18-21)39-17-16-20-8-4-5-9-23(20)34(39)36(30)25-10-6-7-11-27(25)38-35(36)42/h4-19,30-31,34H,1-3H3,(H,38,42). The zero-order valence-electron chi connectivity index (χ0n) is 24.7. The van der Waals surface area contributed by atoms with Gasteiger partial charge in [-0.05, 0) is 81.2 Å². The first kappa shape index (κ1) is 28.9. The van der Waals surface area contributed by atoms with Gasteiger partial charge in [0, 0.05) is 17.5 Å². The van der Waals surface area contributed by atoms with Gasteiger partial charge in [0.15, 0.2) is 11.6 Å². The number of methoxy groups -OCH3 is 3. The highest BCUT2D eigenvalue weighted by atomic mass is 79.9. The number of Topliss-reactive ketones (excluding diaryl/α,β-unsaturated/α-hetero) is 2. The third-order valence-corrected chi connectivity index (χ3v) is 9.85. The van der Waals surface area contributed by atoms with E-state index in [2.05, 4.69) is 21.2 Å². The fourth-order valence-corrected chi connectivity index (χ4v) is 7.87. The molecule has 7 rings (SSSR count). The van der Waals surface area contributed by atoms with Gasteiger partial charge in [-0.1, -0.05) is 42.5 Å². The summed E-state index contributed by atoms with van der Waals surface area (Å²) >= 11 is 3.51. The SMILES string of the molecule is COc1ccc(OC)c(C(=O)C2C(C(=O)c3ccc(OC)c(Br)c3)N3C=Cc4ccccc4C3C23C(=O)Nc2ccccc23)c1. The van der Waals surface area contributed by atoms with Gasteiger partial charge >= 0.3 is 0 Å². The predicted molar refractivity (Wildman–Crippen MR) is 173 cm³/mol. The largest absolute Gasteiger partial charge is 0.497 e. The Morgan fingerprint density at radius 2 is 1.58 bits per heavy atom. The Balaban J connectivity index is 1.54. The third-order valence-electron chi connectivity index (χ3n) is 9.23. The molecule has 8 nitrogen and oxygen atoms in total. The van der Waals surface area contributed by atoms with Crippen LogP contribution in [0.25, 0.3) is 6.08 Å². The average molecular weight is 666 g/mol. The van der Waals surface area contributed by atoms with Crippen LogP contribution in [-0.4, -0.2) is 49.7 Å². The minimum absolute atomic E-state index is 0.226. The number of anilines is 1. The molecule has 0 radical (unpaired) electrons. The number of fused-ring (bicyclic) bond motifs is 6. The minimum Gasteiger partial charge on any atom is -0.497 e. The molecule has 1 amide bonds. The normalized spacial score (nSPS) is 22.4. The molecule has 4 unspecified atom stereocenters.